The average Bonchev–Trinajstić information content (AvgIpc) is 2.90. The van der Waals surface area contributed by atoms with Crippen LogP contribution in [0.4, 0.5) is 0 Å². The minimum absolute atomic E-state index is 0.431. The van der Waals surface area contributed by atoms with Crippen molar-refractivity contribution in [2.45, 2.75) is 58.3 Å². The molecule has 1 aliphatic rings. The van der Waals surface area contributed by atoms with Gasteiger partial charge in [0.05, 0.1) is 0 Å². The van der Waals surface area contributed by atoms with Crippen molar-refractivity contribution in [3.05, 3.63) is 0 Å². The Hall–Kier alpha value is -0.0400. The molecule has 1 saturated carbocycles. The molecule has 1 N–H and O–H groups in total. The van der Waals surface area contributed by atoms with Gasteiger partial charge in [-0.05, 0) is 18.3 Å². The lowest BCUT2D eigenvalue weighted by Crippen LogP contribution is -1.89. The van der Waals surface area contributed by atoms with Gasteiger partial charge in [0.15, 0.2) is 0 Å². The van der Waals surface area contributed by atoms with Crippen LogP contribution < -0.4 is 0 Å². The van der Waals surface area contributed by atoms with E-state index >= 15 is 0 Å². The normalized spacial score (nSPS) is 26.3. The first-order chi connectivity index (χ1) is 6.38. The maximum absolute atomic E-state index is 8.85. The number of rotatable bonds is 8. The van der Waals surface area contributed by atoms with Crippen molar-refractivity contribution < 1.29 is 5.11 Å². The molecule has 1 fully saturated rings. The predicted octanol–water partition coefficient (Wildman–Crippen LogP) is 3.37. The van der Waals surface area contributed by atoms with Crippen molar-refractivity contribution in [1.82, 2.24) is 0 Å². The van der Waals surface area contributed by atoms with Gasteiger partial charge in [0.25, 0.3) is 0 Å². The highest BCUT2D eigenvalue weighted by Crippen LogP contribution is 2.41. The molecule has 0 radical (unpaired) electrons. The zero-order valence-corrected chi connectivity index (χ0v) is 8.97. The summed E-state index contributed by atoms with van der Waals surface area (Å²) in [7, 11) is 0. The van der Waals surface area contributed by atoms with Gasteiger partial charge in [-0.15, -0.1) is 0 Å². The van der Waals surface area contributed by atoms with Crippen LogP contribution in [0.3, 0.4) is 0 Å². The molecule has 78 valence electrons. The van der Waals surface area contributed by atoms with E-state index in [1.165, 1.54) is 51.4 Å². The summed E-state index contributed by atoms with van der Waals surface area (Å²) in [5.41, 5.74) is 0. The van der Waals surface area contributed by atoms with E-state index in [1.807, 2.05) is 0 Å². The quantitative estimate of drug-likeness (QED) is 0.573. The highest BCUT2D eigenvalue weighted by Gasteiger charge is 2.34. The Morgan fingerprint density at radius 3 is 2.31 bits per heavy atom. The van der Waals surface area contributed by atoms with Crippen molar-refractivity contribution in [1.29, 1.82) is 0 Å². The summed E-state index contributed by atoms with van der Waals surface area (Å²) < 4.78 is 0. The fourth-order valence-corrected chi connectivity index (χ4v) is 2.07. The SMILES string of the molecule is CCCCCCCCC1C[C@@H]1CO. The Morgan fingerprint density at radius 2 is 1.69 bits per heavy atom. The average molecular weight is 184 g/mol. The third-order valence-corrected chi connectivity index (χ3v) is 3.23. The summed E-state index contributed by atoms with van der Waals surface area (Å²) >= 11 is 0. The van der Waals surface area contributed by atoms with Crippen molar-refractivity contribution in [3.63, 3.8) is 0 Å². The summed E-state index contributed by atoms with van der Waals surface area (Å²) in [6, 6.07) is 0. The number of unbranched alkanes of at least 4 members (excludes halogenated alkanes) is 5. The molecule has 0 spiro atoms. The van der Waals surface area contributed by atoms with Crippen molar-refractivity contribution in [2.75, 3.05) is 6.61 Å². The van der Waals surface area contributed by atoms with E-state index in [-0.39, 0.29) is 0 Å². The van der Waals surface area contributed by atoms with E-state index in [0.717, 1.165) is 5.92 Å². The van der Waals surface area contributed by atoms with Gasteiger partial charge in [0.2, 0.25) is 0 Å². The van der Waals surface area contributed by atoms with Crippen LogP contribution in [0, 0.1) is 11.8 Å². The van der Waals surface area contributed by atoms with Crippen LogP contribution in [0.15, 0.2) is 0 Å². The van der Waals surface area contributed by atoms with Crippen LogP contribution in [-0.4, -0.2) is 11.7 Å². The number of aliphatic hydroxyl groups is 1. The highest BCUT2D eigenvalue weighted by molar-refractivity contribution is 4.84. The van der Waals surface area contributed by atoms with E-state index in [4.69, 9.17) is 5.11 Å². The Kier molecular flexibility index (Phi) is 5.45. The zero-order chi connectivity index (χ0) is 9.52. The molecule has 0 aromatic carbocycles. The predicted molar refractivity (Wildman–Crippen MR) is 56.7 cm³/mol. The van der Waals surface area contributed by atoms with Gasteiger partial charge in [0.1, 0.15) is 0 Å². The van der Waals surface area contributed by atoms with Crippen molar-refractivity contribution in [2.24, 2.45) is 11.8 Å². The summed E-state index contributed by atoms with van der Waals surface area (Å²) in [5, 5.41) is 8.85. The van der Waals surface area contributed by atoms with E-state index in [1.54, 1.807) is 0 Å². The molecule has 0 aromatic rings. The van der Waals surface area contributed by atoms with Crippen LogP contribution in [0.1, 0.15) is 58.3 Å². The fourth-order valence-electron chi connectivity index (χ4n) is 2.07. The lowest BCUT2D eigenvalue weighted by Gasteiger charge is -1.99. The second kappa shape index (κ2) is 6.42. The van der Waals surface area contributed by atoms with Gasteiger partial charge in [-0.25, -0.2) is 0 Å². The van der Waals surface area contributed by atoms with Crippen molar-refractivity contribution >= 4 is 0 Å². The molecule has 1 rings (SSSR count). The Balaban J connectivity index is 1.75. The molecule has 0 aromatic heterocycles. The van der Waals surface area contributed by atoms with E-state index in [9.17, 15) is 0 Å². The maximum Gasteiger partial charge on any atom is 0.0462 e. The molecule has 1 aliphatic carbocycles. The van der Waals surface area contributed by atoms with E-state index < -0.39 is 0 Å². The molecule has 2 atom stereocenters. The summed E-state index contributed by atoms with van der Waals surface area (Å²) in [5.74, 6) is 1.56. The molecular formula is C12H24O. The molecule has 1 nitrogen and oxygen atoms in total. The number of hydrogen-bond acceptors (Lipinski definition) is 1. The first-order valence-electron chi connectivity index (χ1n) is 5.99. The summed E-state index contributed by atoms with van der Waals surface area (Å²) in [4.78, 5) is 0. The lowest BCUT2D eigenvalue weighted by molar-refractivity contribution is 0.267. The second-order valence-corrected chi connectivity index (χ2v) is 4.49. The molecule has 1 heteroatoms. The maximum atomic E-state index is 8.85. The topological polar surface area (TPSA) is 20.2 Å². The molecule has 0 bridgehead atoms. The fraction of sp³-hybridized carbons (Fsp3) is 1.00. The Labute approximate surface area is 82.5 Å². The van der Waals surface area contributed by atoms with Crippen LogP contribution in [-0.2, 0) is 0 Å². The van der Waals surface area contributed by atoms with Gasteiger partial charge in [0, 0.05) is 6.61 Å². The van der Waals surface area contributed by atoms with Crippen LogP contribution >= 0.6 is 0 Å². The largest absolute Gasteiger partial charge is 0.396 e. The van der Waals surface area contributed by atoms with Gasteiger partial charge >= 0.3 is 0 Å². The van der Waals surface area contributed by atoms with Crippen LogP contribution in [0.25, 0.3) is 0 Å². The minimum Gasteiger partial charge on any atom is -0.396 e. The zero-order valence-electron chi connectivity index (χ0n) is 8.97. The van der Waals surface area contributed by atoms with Gasteiger partial charge in [-0.1, -0.05) is 51.9 Å². The van der Waals surface area contributed by atoms with Gasteiger partial charge < -0.3 is 5.11 Å². The van der Waals surface area contributed by atoms with Crippen LogP contribution in [0.2, 0.25) is 0 Å². The monoisotopic (exact) mass is 184 g/mol. The summed E-state index contributed by atoms with van der Waals surface area (Å²) in [6.07, 6.45) is 11.1. The Morgan fingerprint density at radius 1 is 1.00 bits per heavy atom. The standard InChI is InChI=1S/C12H24O/c1-2-3-4-5-6-7-8-11-9-12(11)10-13/h11-13H,2-10H2,1H3/t11?,12-/m1/s1. The first kappa shape index (κ1) is 11.0. The summed E-state index contributed by atoms with van der Waals surface area (Å²) in [6.45, 7) is 2.69. The molecule has 0 aliphatic heterocycles. The molecule has 0 amide bonds. The van der Waals surface area contributed by atoms with Crippen LogP contribution in [0.5, 0.6) is 0 Å². The van der Waals surface area contributed by atoms with E-state index in [2.05, 4.69) is 6.92 Å². The molecule has 1 unspecified atom stereocenters. The van der Waals surface area contributed by atoms with Crippen molar-refractivity contribution in [3.8, 4) is 0 Å². The van der Waals surface area contributed by atoms with Gasteiger partial charge in [-0.2, -0.15) is 0 Å². The number of aliphatic hydroxyl groups excluding tert-OH is 1. The third kappa shape index (κ3) is 4.66. The second-order valence-electron chi connectivity index (χ2n) is 4.49. The molecule has 0 saturated heterocycles. The molecule has 13 heavy (non-hydrogen) atoms. The molecular weight excluding hydrogens is 160 g/mol. The third-order valence-electron chi connectivity index (χ3n) is 3.23. The van der Waals surface area contributed by atoms with Gasteiger partial charge in [-0.3, -0.25) is 0 Å². The number of hydrogen-bond donors (Lipinski definition) is 1. The lowest BCUT2D eigenvalue weighted by atomic mass is 10.1. The first-order valence-corrected chi connectivity index (χ1v) is 5.99. The minimum atomic E-state index is 0.431. The smallest absolute Gasteiger partial charge is 0.0462 e. The molecule has 0 heterocycles. The Bertz CT molecular complexity index is 122. The highest BCUT2D eigenvalue weighted by atomic mass is 16.3. The van der Waals surface area contributed by atoms with E-state index in [0.29, 0.717) is 12.5 Å².